The van der Waals surface area contributed by atoms with Gasteiger partial charge in [-0.15, -0.1) is 6.58 Å². The van der Waals surface area contributed by atoms with Crippen molar-refractivity contribution in [2.75, 3.05) is 44.2 Å². The number of nitrogens with one attached hydrogen (secondary N) is 1. The van der Waals surface area contributed by atoms with Gasteiger partial charge in [-0.05, 0) is 6.92 Å². The van der Waals surface area contributed by atoms with Crippen LogP contribution in [0.25, 0.3) is 0 Å². The highest BCUT2D eigenvalue weighted by Gasteiger charge is 2.23. The summed E-state index contributed by atoms with van der Waals surface area (Å²) in [6.07, 6.45) is 4.31. The second-order valence-electron chi connectivity index (χ2n) is 4.94. The molecule has 1 aliphatic heterocycles. The van der Waals surface area contributed by atoms with Gasteiger partial charge in [-0.3, -0.25) is 4.79 Å². The summed E-state index contributed by atoms with van der Waals surface area (Å²) in [6.45, 7) is 8.47. The summed E-state index contributed by atoms with van der Waals surface area (Å²) in [4.78, 5) is 35.5. The lowest BCUT2D eigenvalue weighted by Gasteiger charge is -2.33. The first-order chi connectivity index (χ1) is 11.2. The smallest absolute Gasteiger partial charge is 0.409 e. The molecule has 2 heterocycles. The van der Waals surface area contributed by atoms with Gasteiger partial charge in [0.1, 0.15) is 0 Å². The number of carbonyl (C=O) groups excluding carboxylic acids is 2. The minimum absolute atomic E-state index is 0.233. The Hall–Kier alpha value is -2.64. The van der Waals surface area contributed by atoms with E-state index in [1.165, 1.54) is 12.4 Å². The summed E-state index contributed by atoms with van der Waals surface area (Å²) in [5.74, 6) is 0.317. The standard InChI is InChI=1S/C15H21N5O3/c1-3-5-16-13(21)12-10-17-14(18-11-12)19-6-8-20(9-7-19)15(22)23-4-2/h3,10-11H,1,4-9H2,2H3,(H,16,21). The summed E-state index contributed by atoms with van der Waals surface area (Å²) < 4.78 is 4.98. The average Bonchev–Trinajstić information content (AvgIpc) is 2.60. The van der Waals surface area contributed by atoms with Crippen molar-refractivity contribution < 1.29 is 14.3 Å². The molecule has 1 aromatic heterocycles. The van der Waals surface area contributed by atoms with Crippen LogP contribution >= 0.6 is 0 Å². The first-order valence-corrected chi connectivity index (χ1v) is 7.53. The van der Waals surface area contributed by atoms with E-state index in [2.05, 4.69) is 21.9 Å². The van der Waals surface area contributed by atoms with E-state index < -0.39 is 0 Å². The van der Waals surface area contributed by atoms with Crippen LogP contribution in [0.15, 0.2) is 25.0 Å². The maximum Gasteiger partial charge on any atom is 0.409 e. The molecule has 23 heavy (non-hydrogen) atoms. The zero-order chi connectivity index (χ0) is 16.7. The van der Waals surface area contributed by atoms with Crippen LogP contribution in [-0.4, -0.2) is 66.2 Å². The highest BCUT2D eigenvalue weighted by molar-refractivity contribution is 5.93. The molecule has 1 N–H and O–H groups in total. The predicted octanol–water partition coefficient (Wildman–Crippen LogP) is 0.671. The second-order valence-corrected chi connectivity index (χ2v) is 4.94. The molecule has 0 atom stereocenters. The number of nitrogens with zero attached hydrogens (tertiary/aromatic N) is 4. The van der Waals surface area contributed by atoms with Crippen LogP contribution in [-0.2, 0) is 4.74 Å². The Bertz CT molecular complexity index is 553. The van der Waals surface area contributed by atoms with E-state index in [4.69, 9.17) is 4.74 Å². The van der Waals surface area contributed by atoms with Crippen LogP contribution in [0.4, 0.5) is 10.7 Å². The van der Waals surface area contributed by atoms with Crippen molar-refractivity contribution in [1.82, 2.24) is 20.2 Å². The molecule has 0 bridgehead atoms. The molecule has 124 valence electrons. The van der Waals surface area contributed by atoms with Gasteiger partial charge in [-0.1, -0.05) is 6.08 Å². The van der Waals surface area contributed by atoms with Crippen LogP contribution in [0.1, 0.15) is 17.3 Å². The van der Waals surface area contributed by atoms with Gasteiger partial charge in [0, 0.05) is 45.1 Å². The van der Waals surface area contributed by atoms with Crippen molar-refractivity contribution in [3.63, 3.8) is 0 Å². The number of ether oxygens (including phenoxy) is 1. The molecule has 1 aliphatic rings. The summed E-state index contributed by atoms with van der Waals surface area (Å²) in [6, 6.07) is 0. The molecule has 1 aromatic rings. The lowest BCUT2D eigenvalue weighted by molar-refractivity contribution is 0.0956. The molecule has 1 fully saturated rings. The maximum atomic E-state index is 11.8. The molecular weight excluding hydrogens is 298 g/mol. The fourth-order valence-electron chi connectivity index (χ4n) is 2.17. The first-order valence-electron chi connectivity index (χ1n) is 7.53. The van der Waals surface area contributed by atoms with Crippen molar-refractivity contribution in [2.24, 2.45) is 0 Å². The minimum Gasteiger partial charge on any atom is -0.450 e. The van der Waals surface area contributed by atoms with Crippen LogP contribution in [0.2, 0.25) is 0 Å². The largest absolute Gasteiger partial charge is 0.450 e. The van der Waals surface area contributed by atoms with E-state index in [0.717, 1.165) is 0 Å². The third kappa shape index (κ3) is 4.41. The van der Waals surface area contributed by atoms with Crippen molar-refractivity contribution in [3.8, 4) is 0 Å². The van der Waals surface area contributed by atoms with Gasteiger partial charge in [0.2, 0.25) is 5.95 Å². The van der Waals surface area contributed by atoms with E-state index >= 15 is 0 Å². The van der Waals surface area contributed by atoms with Gasteiger partial charge in [0.15, 0.2) is 0 Å². The lowest BCUT2D eigenvalue weighted by atomic mass is 10.3. The lowest BCUT2D eigenvalue weighted by Crippen LogP contribution is -2.49. The molecule has 0 aromatic carbocycles. The van der Waals surface area contributed by atoms with Gasteiger partial charge in [-0.2, -0.15) is 0 Å². The molecular formula is C15H21N5O3. The third-order valence-electron chi connectivity index (χ3n) is 3.40. The summed E-state index contributed by atoms with van der Waals surface area (Å²) in [7, 11) is 0. The molecule has 0 aliphatic carbocycles. The topological polar surface area (TPSA) is 87.7 Å². The van der Waals surface area contributed by atoms with E-state index in [0.29, 0.717) is 50.8 Å². The van der Waals surface area contributed by atoms with E-state index in [1.807, 2.05) is 4.90 Å². The van der Waals surface area contributed by atoms with E-state index in [9.17, 15) is 9.59 Å². The summed E-state index contributed by atoms with van der Waals surface area (Å²) in [5, 5.41) is 2.67. The quantitative estimate of drug-likeness (QED) is 0.803. The van der Waals surface area contributed by atoms with Gasteiger partial charge in [0.25, 0.3) is 5.91 Å². The molecule has 2 rings (SSSR count). The number of hydrogen-bond acceptors (Lipinski definition) is 6. The van der Waals surface area contributed by atoms with Crippen LogP contribution in [0, 0.1) is 0 Å². The Morgan fingerprint density at radius 3 is 2.52 bits per heavy atom. The van der Waals surface area contributed by atoms with Crippen molar-refractivity contribution in [2.45, 2.75) is 6.92 Å². The Labute approximate surface area is 135 Å². The van der Waals surface area contributed by atoms with Gasteiger partial charge >= 0.3 is 6.09 Å². The van der Waals surface area contributed by atoms with E-state index in [-0.39, 0.29) is 12.0 Å². The zero-order valence-corrected chi connectivity index (χ0v) is 13.2. The second kappa shape index (κ2) is 8.11. The van der Waals surface area contributed by atoms with E-state index in [1.54, 1.807) is 17.9 Å². The van der Waals surface area contributed by atoms with Gasteiger partial charge < -0.3 is 19.9 Å². The molecule has 0 saturated carbocycles. The number of amides is 2. The highest BCUT2D eigenvalue weighted by Crippen LogP contribution is 2.11. The maximum absolute atomic E-state index is 11.8. The number of rotatable bonds is 5. The fraction of sp³-hybridized carbons (Fsp3) is 0.467. The van der Waals surface area contributed by atoms with Crippen LogP contribution in [0.3, 0.4) is 0 Å². The zero-order valence-electron chi connectivity index (χ0n) is 13.2. The SMILES string of the molecule is C=CCNC(=O)c1cnc(N2CCN(C(=O)OCC)CC2)nc1. The third-order valence-corrected chi connectivity index (χ3v) is 3.40. The highest BCUT2D eigenvalue weighted by atomic mass is 16.6. The van der Waals surface area contributed by atoms with Crippen molar-refractivity contribution in [3.05, 3.63) is 30.6 Å². The van der Waals surface area contributed by atoms with Gasteiger partial charge in [-0.25, -0.2) is 14.8 Å². The number of piperazine rings is 1. The van der Waals surface area contributed by atoms with Gasteiger partial charge in [0.05, 0.1) is 12.2 Å². The monoisotopic (exact) mass is 319 g/mol. The molecule has 0 radical (unpaired) electrons. The van der Waals surface area contributed by atoms with Crippen molar-refractivity contribution in [1.29, 1.82) is 0 Å². The Kier molecular flexibility index (Phi) is 5.90. The Morgan fingerprint density at radius 2 is 1.96 bits per heavy atom. The van der Waals surface area contributed by atoms with Crippen LogP contribution in [0.5, 0.6) is 0 Å². The normalized spacial score (nSPS) is 14.3. The van der Waals surface area contributed by atoms with Crippen LogP contribution < -0.4 is 10.2 Å². The van der Waals surface area contributed by atoms with Crippen molar-refractivity contribution >= 4 is 17.9 Å². The summed E-state index contributed by atoms with van der Waals surface area (Å²) in [5.41, 5.74) is 0.403. The Morgan fingerprint density at radius 1 is 1.30 bits per heavy atom. The number of aromatic nitrogens is 2. The predicted molar refractivity (Wildman–Crippen MR) is 85.4 cm³/mol. The summed E-state index contributed by atoms with van der Waals surface area (Å²) >= 11 is 0. The fourth-order valence-corrected chi connectivity index (χ4v) is 2.17. The molecule has 0 spiro atoms. The number of hydrogen-bond donors (Lipinski definition) is 1. The number of anilines is 1. The Balaban J connectivity index is 1.90. The molecule has 8 heteroatoms. The number of carbonyl (C=O) groups is 2. The average molecular weight is 319 g/mol. The molecule has 0 unspecified atom stereocenters. The molecule has 1 saturated heterocycles. The molecule has 2 amide bonds. The minimum atomic E-state index is -0.290. The first kappa shape index (κ1) is 16.7. The molecule has 8 nitrogen and oxygen atoms in total.